The number of rotatable bonds is 8. The van der Waals surface area contributed by atoms with Crippen molar-refractivity contribution in [3.05, 3.63) is 34.3 Å². The highest BCUT2D eigenvalue weighted by atomic mass is 35.5. The molecule has 3 rings (SSSR count). The van der Waals surface area contributed by atoms with Gasteiger partial charge in [-0.05, 0) is 72.6 Å². The number of piperidine rings is 1. The molecule has 0 radical (unpaired) electrons. The maximum Gasteiger partial charge on any atom is 0.416 e. The lowest BCUT2D eigenvalue weighted by atomic mass is 9.96. The third-order valence-corrected chi connectivity index (χ3v) is 9.97. The Morgan fingerprint density at radius 3 is 2.47 bits per heavy atom. The highest BCUT2D eigenvalue weighted by molar-refractivity contribution is 8.44. The lowest BCUT2D eigenvalue weighted by Gasteiger charge is -2.32. The molecule has 2 aliphatic rings. The minimum Gasteiger partial charge on any atom is -0.352 e. The lowest BCUT2D eigenvalue weighted by Crippen LogP contribution is -2.42. The van der Waals surface area contributed by atoms with Crippen LogP contribution in [0.1, 0.15) is 41.6 Å². The van der Waals surface area contributed by atoms with E-state index in [1.165, 1.54) is 6.07 Å². The van der Waals surface area contributed by atoms with Crippen LogP contribution in [0.5, 0.6) is 0 Å². The largest absolute Gasteiger partial charge is 0.416 e. The highest BCUT2D eigenvalue weighted by Crippen LogP contribution is 2.36. The molecule has 30 heavy (non-hydrogen) atoms. The Kier molecular flexibility index (Phi) is 7.83. The summed E-state index contributed by atoms with van der Waals surface area (Å²) in [5.41, 5.74) is -1.02. The molecule has 1 unspecified atom stereocenters. The molecule has 1 saturated heterocycles. The SMILES string of the molecule is O=C(NCC1CCN(CCN[SH](=O)(P)C2CC2)CC1)c1cc(Cl)cc(C(F)(F)F)c1. The van der Waals surface area contributed by atoms with Gasteiger partial charge in [-0.2, -0.15) is 13.2 Å². The van der Waals surface area contributed by atoms with Gasteiger partial charge in [-0.1, -0.05) is 20.0 Å². The van der Waals surface area contributed by atoms with Gasteiger partial charge in [0.2, 0.25) is 0 Å². The van der Waals surface area contributed by atoms with Crippen LogP contribution in [-0.4, -0.2) is 53.0 Å². The molecule has 1 saturated carbocycles. The van der Waals surface area contributed by atoms with Crippen LogP contribution in [-0.2, 0) is 15.9 Å². The molecule has 1 aliphatic carbocycles. The number of halogens is 4. The van der Waals surface area contributed by atoms with Crippen molar-refractivity contribution in [2.24, 2.45) is 5.92 Å². The van der Waals surface area contributed by atoms with E-state index in [1.807, 2.05) is 0 Å². The molecule has 2 fully saturated rings. The predicted molar refractivity (Wildman–Crippen MR) is 118 cm³/mol. The van der Waals surface area contributed by atoms with Crippen LogP contribution in [0, 0.1) is 5.92 Å². The third-order valence-electron chi connectivity index (χ3n) is 5.62. The first-order valence-corrected chi connectivity index (χ1v) is 13.8. The first kappa shape index (κ1) is 23.9. The highest BCUT2D eigenvalue weighted by Gasteiger charge is 2.33. The summed E-state index contributed by atoms with van der Waals surface area (Å²) in [7, 11) is 0.208. The van der Waals surface area contributed by atoms with Crippen LogP contribution in [0.2, 0.25) is 5.02 Å². The average Bonchev–Trinajstić information content (AvgIpc) is 3.52. The molecule has 1 aliphatic heterocycles. The summed E-state index contributed by atoms with van der Waals surface area (Å²) in [6, 6.07) is 2.88. The summed E-state index contributed by atoms with van der Waals surface area (Å²) in [4.78, 5) is 14.6. The number of nitrogens with one attached hydrogen (secondary N) is 2. The zero-order valence-corrected chi connectivity index (χ0v) is 19.4. The normalized spacial score (nSPS) is 19.6. The fourth-order valence-electron chi connectivity index (χ4n) is 3.61. The summed E-state index contributed by atoms with van der Waals surface area (Å²) in [5, 5.41) is 2.94. The number of hydrogen-bond acceptors (Lipinski definition) is 3. The molecule has 5 nitrogen and oxygen atoms in total. The first-order chi connectivity index (χ1) is 14.0. The van der Waals surface area contributed by atoms with Crippen LogP contribution in [0.25, 0.3) is 0 Å². The van der Waals surface area contributed by atoms with Gasteiger partial charge in [0.1, 0.15) is 0 Å². The Bertz CT molecular complexity index is 815. The summed E-state index contributed by atoms with van der Waals surface area (Å²) in [6.07, 6.45) is -0.685. The average molecular weight is 486 g/mol. The Balaban J connectivity index is 1.40. The van der Waals surface area contributed by atoms with Gasteiger partial charge in [0.25, 0.3) is 5.91 Å². The van der Waals surface area contributed by atoms with E-state index >= 15 is 0 Å². The Hall–Kier alpha value is -0.730. The molecule has 1 amide bonds. The maximum absolute atomic E-state index is 12.9. The molecule has 1 atom stereocenters. The van der Waals surface area contributed by atoms with Gasteiger partial charge in [-0.25, -0.2) is 0 Å². The predicted octanol–water partition coefficient (Wildman–Crippen LogP) is 3.27. The number of amides is 1. The number of carbonyl (C=O) groups excluding carboxylic acids is 1. The standard InChI is InChI=1S/C19H28ClF3N3O2PS/c20-16-10-14(9-15(11-16)19(21,22)23)18(27)24-12-13-3-6-26(7-4-13)8-5-25-30(28,29)17-1-2-17/h9-11,13,17,30H,1-8,12,29H2,(H,24,27)(H,25,28). The van der Waals surface area contributed by atoms with Gasteiger partial charge >= 0.3 is 6.18 Å². The number of nitrogens with zero attached hydrogens (tertiary/aromatic N) is 1. The second-order valence-electron chi connectivity index (χ2n) is 8.07. The van der Waals surface area contributed by atoms with Crippen LogP contribution in [0.3, 0.4) is 0 Å². The molecule has 0 spiro atoms. The van der Waals surface area contributed by atoms with E-state index in [-0.39, 0.29) is 16.5 Å². The van der Waals surface area contributed by atoms with Crippen molar-refractivity contribution in [2.75, 3.05) is 32.7 Å². The Labute approximate surface area is 183 Å². The number of likely N-dealkylation sites (tertiary alicyclic amines) is 1. The molecule has 11 heteroatoms. The van der Waals surface area contributed by atoms with Crippen LogP contribution in [0.4, 0.5) is 13.2 Å². The molecule has 170 valence electrons. The molecule has 2 N–H and O–H groups in total. The monoisotopic (exact) mass is 485 g/mol. The van der Waals surface area contributed by atoms with Crippen molar-refractivity contribution >= 4 is 35.7 Å². The zero-order valence-electron chi connectivity index (χ0n) is 16.6. The summed E-state index contributed by atoms with van der Waals surface area (Å²) >= 11 is 5.75. The van der Waals surface area contributed by atoms with E-state index in [9.17, 15) is 22.2 Å². The van der Waals surface area contributed by atoms with E-state index in [0.717, 1.165) is 57.5 Å². The fraction of sp³-hybridized carbons (Fsp3) is 0.632. The van der Waals surface area contributed by atoms with Gasteiger partial charge < -0.3 is 10.2 Å². The summed E-state index contributed by atoms with van der Waals surface area (Å²) in [5.74, 6) is -0.273. The Morgan fingerprint density at radius 2 is 1.87 bits per heavy atom. The van der Waals surface area contributed by atoms with Gasteiger partial charge in [0, 0.05) is 35.5 Å². The first-order valence-electron chi connectivity index (χ1n) is 10.1. The minimum atomic E-state index is -4.55. The van der Waals surface area contributed by atoms with Gasteiger partial charge in [0.05, 0.1) is 5.56 Å². The summed E-state index contributed by atoms with van der Waals surface area (Å²) in [6.45, 7) is 3.69. The van der Waals surface area contributed by atoms with Crippen molar-refractivity contribution in [3.8, 4) is 0 Å². The van der Waals surface area contributed by atoms with E-state index in [1.54, 1.807) is 0 Å². The molecule has 1 aromatic rings. The van der Waals surface area contributed by atoms with Crippen molar-refractivity contribution in [2.45, 2.75) is 37.1 Å². The molecule has 1 heterocycles. The van der Waals surface area contributed by atoms with E-state index in [0.29, 0.717) is 18.3 Å². The second kappa shape index (κ2) is 9.82. The molecule has 0 bridgehead atoms. The van der Waals surface area contributed by atoms with Crippen LogP contribution < -0.4 is 10.0 Å². The summed E-state index contributed by atoms with van der Waals surface area (Å²) < 4.78 is 54.3. The molecule has 0 aromatic heterocycles. The van der Waals surface area contributed by atoms with E-state index in [4.69, 9.17) is 11.6 Å². The number of carbonyl (C=O) groups is 1. The smallest absolute Gasteiger partial charge is 0.352 e. The fourth-order valence-corrected chi connectivity index (χ4v) is 6.75. The maximum atomic E-state index is 12.9. The van der Waals surface area contributed by atoms with E-state index < -0.39 is 27.4 Å². The van der Waals surface area contributed by atoms with Crippen molar-refractivity contribution in [1.82, 2.24) is 14.9 Å². The molecular weight excluding hydrogens is 458 g/mol. The van der Waals surface area contributed by atoms with Crippen LogP contribution >= 0.6 is 20.0 Å². The van der Waals surface area contributed by atoms with Crippen molar-refractivity contribution in [3.63, 3.8) is 0 Å². The van der Waals surface area contributed by atoms with E-state index in [2.05, 4.69) is 23.4 Å². The molecule has 1 aromatic carbocycles. The quantitative estimate of drug-likeness (QED) is 0.391. The third kappa shape index (κ3) is 6.89. The number of thiol groups is 1. The van der Waals surface area contributed by atoms with Crippen LogP contribution in [0.15, 0.2) is 18.2 Å². The van der Waals surface area contributed by atoms with Gasteiger partial charge in [-0.15, -0.1) is 0 Å². The number of hydrogen-bond donors (Lipinski definition) is 3. The number of alkyl halides is 3. The number of benzene rings is 1. The van der Waals surface area contributed by atoms with Gasteiger partial charge in [-0.3, -0.25) is 13.7 Å². The molecular formula is C19H28ClF3N3O2PS. The van der Waals surface area contributed by atoms with Crippen molar-refractivity contribution in [1.29, 1.82) is 0 Å². The second-order valence-corrected chi connectivity index (χ2v) is 13.3. The van der Waals surface area contributed by atoms with Gasteiger partial charge in [0.15, 0.2) is 0 Å². The minimum absolute atomic E-state index is 0.0872. The lowest BCUT2D eigenvalue weighted by molar-refractivity contribution is -0.137. The topological polar surface area (TPSA) is 61.4 Å². The zero-order chi connectivity index (χ0) is 21.9. The van der Waals surface area contributed by atoms with Crippen molar-refractivity contribution < 1.29 is 22.2 Å². The Morgan fingerprint density at radius 1 is 1.20 bits per heavy atom.